The third-order valence-electron chi connectivity index (χ3n) is 5.09. The molecule has 3 rings (SSSR count). The number of hydrogen-bond acceptors (Lipinski definition) is 6. The van der Waals surface area contributed by atoms with E-state index in [1.807, 2.05) is 11.9 Å². The van der Waals surface area contributed by atoms with Gasteiger partial charge >= 0.3 is 0 Å². The molecule has 7 nitrogen and oxygen atoms in total. The van der Waals surface area contributed by atoms with Gasteiger partial charge in [-0.1, -0.05) is 0 Å². The molecule has 2 aliphatic heterocycles. The number of nitrogens with zero attached hydrogens (tertiary/aromatic N) is 4. The number of amides is 1. The Morgan fingerprint density at radius 2 is 2.08 bits per heavy atom. The fourth-order valence-electron chi connectivity index (χ4n) is 3.60. The summed E-state index contributed by atoms with van der Waals surface area (Å²) in [7, 11) is 3.58. The molecule has 132 valence electrons. The van der Waals surface area contributed by atoms with Gasteiger partial charge in [0.25, 0.3) is 0 Å². The van der Waals surface area contributed by atoms with Crippen molar-refractivity contribution in [3.63, 3.8) is 0 Å². The summed E-state index contributed by atoms with van der Waals surface area (Å²) < 4.78 is 5.16. The zero-order valence-corrected chi connectivity index (χ0v) is 14.6. The number of piperidine rings is 2. The molecule has 0 radical (unpaired) electrons. The average Bonchev–Trinajstić information content (AvgIpc) is 2.67. The molecular weight excluding hydrogens is 306 g/mol. The number of ether oxygens (including phenoxy) is 1. The van der Waals surface area contributed by atoms with Crippen LogP contribution in [0.15, 0.2) is 12.3 Å². The average molecular weight is 333 g/mol. The fraction of sp³-hybridized carbons (Fsp3) is 0.706. The molecule has 1 unspecified atom stereocenters. The van der Waals surface area contributed by atoms with Gasteiger partial charge in [-0.3, -0.25) is 4.79 Å². The fourth-order valence-corrected chi connectivity index (χ4v) is 3.60. The summed E-state index contributed by atoms with van der Waals surface area (Å²) in [5.74, 6) is 1.71. The van der Waals surface area contributed by atoms with Gasteiger partial charge in [0, 0.05) is 50.4 Å². The van der Waals surface area contributed by atoms with E-state index in [4.69, 9.17) is 4.74 Å². The summed E-state index contributed by atoms with van der Waals surface area (Å²) in [4.78, 5) is 25.7. The lowest BCUT2D eigenvalue weighted by atomic mass is 9.94. The van der Waals surface area contributed by atoms with Crippen molar-refractivity contribution in [1.29, 1.82) is 0 Å². The topological polar surface area (TPSA) is 70.6 Å². The molecule has 24 heavy (non-hydrogen) atoms. The van der Waals surface area contributed by atoms with Crippen molar-refractivity contribution in [3.8, 4) is 5.88 Å². The lowest BCUT2D eigenvalue weighted by Crippen LogP contribution is -2.50. The smallest absolute Gasteiger partial charge is 0.228 e. The van der Waals surface area contributed by atoms with Gasteiger partial charge in [0.15, 0.2) is 0 Å². The molecule has 3 heterocycles. The first-order valence-electron chi connectivity index (χ1n) is 8.79. The summed E-state index contributed by atoms with van der Waals surface area (Å²) in [6.07, 6.45) is 5.68. The van der Waals surface area contributed by atoms with Gasteiger partial charge in [-0.25, -0.2) is 4.98 Å². The normalized spacial score (nSPS) is 22.5. The van der Waals surface area contributed by atoms with Crippen LogP contribution in [-0.2, 0) is 4.79 Å². The summed E-state index contributed by atoms with van der Waals surface area (Å²) in [5.41, 5.74) is 0. The second-order valence-electron chi connectivity index (χ2n) is 6.57. The standard InChI is InChI=1S/C17H27N5O2/c1-18-14-4-3-9-22(12-14)16(23)13-6-10-21(11-7-13)17-19-8-5-15(20-17)24-2/h5,8,13-14,18H,3-4,6-7,9-12H2,1-2H3. The number of methoxy groups -OCH3 is 1. The first-order valence-corrected chi connectivity index (χ1v) is 8.79. The van der Waals surface area contributed by atoms with E-state index in [0.717, 1.165) is 51.9 Å². The Morgan fingerprint density at radius 1 is 1.29 bits per heavy atom. The van der Waals surface area contributed by atoms with Crippen LogP contribution in [0.5, 0.6) is 5.88 Å². The van der Waals surface area contributed by atoms with E-state index in [9.17, 15) is 4.79 Å². The number of likely N-dealkylation sites (N-methyl/N-ethyl adjacent to an activating group) is 1. The predicted octanol–water partition coefficient (Wildman–Crippen LogP) is 0.912. The Bertz CT molecular complexity index is 560. The third kappa shape index (κ3) is 3.77. The van der Waals surface area contributed by atoms with E-state index in [1.165, 1.54) is 0 Å². The predicted molar refractivity (Wildman–Crippen MR) is 92.2 cm³/mol. The molecule has 7 heteroatoms. The van der Waals surface area contributed by atoms with E-state index in [0.29, 0.717) is 23.8 Å². The van der Waals surface area contributed by atoms with Crippen molar-refractivity contribution in [2.24, 2.45) is 5.92 Å². The van der Waals surface area contributed by atoms with Crippen LogP contribution in [0.1, 0.15) is 25.7 Å². The van der Waals surface area contributed by atoms with E-state index in [2.05, 4.69) is 20.2 Å². The Morgan fingerprint density at radius 3 is 2.79 bits per heavy atom. The minimum absolute atomic E-state index is 0.127. The van der Waals surface area contributed by atoms with Gasteiger partial charge in [0.1, 0.15) is 0 Å². The second-order valence-corrected chi connectivity index (χ2v) is 6.57. The Kier molecular flexibility index (Phi) is 5.50. The summed E-state index contributed by atoms with van der Waals surface area (Å²) in [5, 5.41) is 3.30. The quantitative estimate of drug-likeness (QED) is 0.883. The van der Waals surface area contributed by atoms with Crippen LogP contribution in [0, 0.1) is 5.92 Å². The first kappa shape index (κ1) is 17.0. The molecule has 0 saturated carbocycles. The highest BCUT2D eigenvalue weighted by atomic mass is 16.5. The van der Waals surface area contributed by atoms with Gasteiger partial charge in [0.05, 0.1) is 7.11 Å². The largest absolute Gasteiger partial charge is 0.481 e. The second kappa shape index (κ2) is 7.79. The molecule has 0 aliphatic carbocycles. The van der Waals surface area contributed by atoms with Crippen molar-refractivity contribution >= 4 is 11.9 Å². The molecule has 2 fully saturated rings. The maximum Gasteiger partial charge on any atom is 0.228 e. The molecule has 0 bridgehead atoms. The number of nitrogens with one attached hydrogen (secondary N) is 1. The van der Waals surface area contributed by atoms with E-state index >= 15 is 0 Å². The number of anilines is 1. The Hall–Kier alpha value is -1.89. The minimum Gasteiger partial charge on any atom is -0.481 e. The van der Waals surface area contributed by atoms with Gasteiger partial charge in [-0.2, -0.15) is 4.98 Å². The summed E-state index contributed by atoms with van der Waals surface area (Å²) in [6, 6.07) is 2.18. The van der Waals surface area contributed by atoms with E-state index in [1.54, 1.807) is 19.4 Å². The molecular formula is C17H27N5O2. The van der Waals surface area contributed by atoms with Crippen molar-refractivity contribution < 1.29 is 9.53 Å². The van der Waals surface area contributed by atoms with Crippen LogP contribution in [0.2, 0.25) is 0 Å². The zero-order chi connectivity index (χ0) is 16.9. The maximum atomic E-state index is 12.8. The zero-order valence-electron chi connectivity index (χ0n) is 14.6. The van der Waals surface area contributed by atoms with Crippen molar-refractivity contribution in [1.82, 2.24) is 20.2 Å². The van der Waals surface area contributed by atoms with Crippen LogP contribution < -0.4 is 15.0 Å². The number of rotatable bonds is 4. The van der Waals surface area contributed by atoms with Crippen LogP contribution in [-0.4, -0.2) is 67.2 Å². The molecule has 0 spiro atoms. The monoisotopic (exact) mass is 333 g/mol. The van der Waals surface area contributed by atoms with Gasteiger partial charge in [0.2, 0.25) is 17.7 Å². The number of likely N-dealkylation sites (tertiary alicyclic amines) is 1. The van der Waals surface area contributed by atoms with E-state index < -0.39 is 0 Å². The van der Waals surface area contributed by atoms with Gasteiger partial charge in [-0.05, 0) is 32.7 Å². The minimum atomic E-state index is 0.127. The molecule has 1 amide bonds. The maximum absolute atomic E-state index is 12.8. The van der Waals surface area contributed by atoms with E-state index in [-0.39, 0.29) is 5.92 Å². The first-order chi connectivity index (χ1) is 11.7. The number of aromatic nitrogens is 2. The molecule has 2 saturated heterocycles. The van der Waals surface area contributed by atoms with Crippen molar-refractivity contribution in [2.45, 2.75) is 31.7 Å². The summed E-state index contributed by atoms with van der Waals surface area (Å²) >= 11 is 0. The van der Waals surface area contributed by atoms with Crippen LogP contribution in [0.3, 0.4) is 0 Å². The van der Waals surface area contributed by atoms with Crippen LogP contribution >= 0.6 is 0 Å². The highest BCUT2D eigenvalue weighted by Gasteiger charge is 2.31. The SMILES string of the molecule is CNC1CCCN(C(=O)C2CCN(c3nccc(OC)n3)CC2)C1. The van der Waals surface area contributed by atoms with Gasteiger partial charge < -0.3 is 19.9 Å². The third-order valence-corrected chi connectivity index (χ3v) is 5.09. The van der Waals surface area contributed by atoms with Crippen molar-refractivity contribution in [3.05, 3.63) is 12.3 Å². The Balaban J connectivity index is 1.55. The number of hydrogen-bond donors (Lipinski definition) is 1. The Labute approximate surface area is 143 Å². The van der Waals surface area contributed by atoms with Crippen LogP contribution in [0.4, 0.5) is 5.95 Å². The molecule has 1 N–H and O–H groups in total. The van der Waals surface area contributed by atoms with Crippen molar-refractivity contribution in [2.75, 3.05) is 45.2 Å². The molecule has 1 aromatic rings. The highest BCUT2D eigenvalue weighted by molar-refractivity contribution is 5.79. The van der Waals surface area contributed by atoms with Gasteiger partial charge in [-0.15, -0.1) is 0 Å². The number of carbonyl (C=O) groups is 1. The molecule has 0 aromatic carbocycles. The molecule has 2 aliphatic rings. The highest BCUT2D eigenvalue weighted by Crippen LogP contribution is 2.24. The lowest BCUT2D eigenvalue weighted by Gasteiger charge is -2.37. The molecule has 1 aromatic heterocycles. The van der Waals surface area contributed by atoms with Crippen LogP contribution in [0.25, 0.3) is 0 Å². The summed E-state index contributed by atoms with van der Waals surface area (Å²) in [6.45, 7) is 3.37. The lowest BCUT2D eigenvalue weighted by molar-refractivity contribution is -0.137. The molecule has 1 atom stereocenters. The number of carbonyl (C=O) groups excluding carboxylic acids is 1.